The molecule has 1 rings (SSSR count). The van der Waals surface area contributed by atoms with Crippen LogP contribution in [-0.2, 0) is 4.74 Å². The van der Waals surface area contributed by atoms with E-state index in [-0.39, 0.29) is 16.9 Å². The average molecular weight is 304 g/mol. The third-order valence-corrected chi connectivity index (χ3v) is 3.16. The molecule has 0 aromatic heterocycles. The van der Waals surface area contributed by atoms with Gasteiger partial charge in [0.2, 0.25) is 0 Å². The molecule has 1 aliphatic rings. The summed E-state index contributed by atoms with van der Waals surface area (Å²) in [6.07, 6.45) is 10.6. The molecule has 4 heteroatoms. The molecular formula is C19H17N3O. The molecule has 114 valence electrons. The van der Waals surface area contributed by atoms with Crippen LogP contribution in [0, 0.1) is 34.0 Å². The lowest BCUT2D eigenvalue weighted by atomic mass is 9.94. The van der Waals surface area contributed by atoms with Gasteiger partial charge in [0, 0.05) is 5.57 Å². The van der Waals surface area contributed by atoms with E-state index in [0.717, 1.165) is 5.57 Å². The predicted octanol–water partition coefficient (Wildman–Crippen LogP) is 4.16. The van der Waals surface area contributed by atoms with E-state index in [4.69, 9.17) is 16.6 Å². The maximum Gasteiger partial charge on any atom is 0.172 e. The zero-order chi connectivity index (χ0) is 18.2. The molecule has 1 heterocycles. The van der Waals surface area contributed by atoms with E-state index in [1.165, 1.54) is 6.55 Å². The summed E-state index contributed by atoms with van der Waals surface area (Å²) < 4.78 is 12.6. The van der Waals surface area contributed by atoms with Gasteiger partial charge in [0.25, 0.3) is 0 Å². The molecule has 0 fully saturated rings. The number of hydrogen-bond acceptors (Lipinski definition) is 4. The van der Waals surface area contributed by atoms with Crippen molar-refractivity contribution >= 4 is 0 Å². The number of nitrogens with zero attached hydrogens (tertiary/aromatic N) is 3. The first-order valence-corrected chi connectivity index (χ1v) is 6.86. The van der Waals surface area contributed by atoms with Crippen molar-refractivity contribution in [1.82, 2.24) is 0 Å². The normalized spacial score (nSPS) is 18.0. The fraction of sp³-hybridized carbons (Fsp3) is 0.211. The van der Waals surface area contributed by atoms with E-state index < -0.39 is 5.60 Å². The van der Waals surface area contributed by atoms with Gasteiger partial charge in [-0.3, -0.25) is 0 Å². The molecule has 23 heavy (non-hydrogen) atoms. The van der Waals surface area contributed by atoms with Crippen LogP contribution >= 0.6 is 0 Å². The molecule has 0 aromatic rings. The van der Waals surface area contributed by atoms with Crippen molar-refractivity contribution < 1.29 is 6.11 Å². The van der Waals surface area contributed by atoms with E-state index in [1.54, 1.807) is 56.4 Å². The van der Waals surface area contributed by atoms with Gasteiger partial charge in [-0.15, -0.1) is 0 Å². The molecule has 0 aliphatic carbocycles. The molecule has 0 aromatic carbocycles. The van der Waals surface area contributed by atoms with Crippen molar-refractivity contribution in [3.05, 3.63) is 71.1 Å². The van der Waals surface area contributed by atoms with Crippen LogP contribution in [0.5, 0.6) is 0 Å². The highest BCUT2D eigenvalue weighted by atomic mass is 16.5. The van der Waals surface area contributed by atoms with Gasteiger partial charge in [-0.25, -0.2) is 0 Å². The van der Waals surface area contributed by atoms with E-state index in [0.29, 0.717) is 5.57 Å². The fourth-order valence-electron chi connectivity index (χ4n) is 2.05. The van der Waals surface area contributed by atoms with Gasteiger partial charge in [0.15, 0.2) is 11.3 Å². The first-order chi connectivity index (χ1) is 11.4. The van der Waals surface area contributed by atoms with Crippen LogP contribution in [0.2, 0.25) is 0 Å². The second kappa shape index (κ2) is 7.64. The Morgan fingerprint density at radius 3 is 2.52 bits per heavy atom. The van der Waals surface area contributed by atoms with Crippen molar-refractivity contribution in [2.45, 2.75) is 26.4 Å². The molecule has 0 N–H and O–H groups in total. The summed E-state index contributed by atoms with van der Waals surface area (Å²) in [6, 6.07) is 5.54. The number of allylic oxidation sites excluding steroid dienone is 8. The maximum absolute atomic E-state index is 9.39. The van der Waals surface area contributed by atoms with Crippen molar-refractivity contribution in [2.24, 2.45) is 0 Å². The molecule has 4 nitrogen and oxygen atoms in total. The van der Waals surface area contributed by atoms with Crippen LogP contribution in [0.4, 0.5) is 0 Å². The van der Waals surface area contributed by atoms with E-state index in [9.17, 15) is 5.26 Å². The first kappa shape index (κ1) is 16.1. The molecule has 1 aliphatic heterocycles. The minimum absolute atomic E-state index is 0.0350. The average Bonchev–Trinajstić information content (AvgIpc) is 2.81. The number of hydrogen-bond donors (Lipinski definition) is 0. The minimum Gasteiger partial charge on any atom is -0.480 e. The summed E-state index contributed by atoms with van der Waals surface area (Å²) in [7, 11) is 0. The lowest BCUT2D eigenvalue weighted by Crippen LogP contribution is -2.20. The summed E-state index contributed by atoms with van der Waals surface area (Å²) in [6.45, 7) is 6.65. The predicted molar refractivity (Wildman–Crippen MR) is 88.3 cm³/mol. The van der Waals surface area contributed by atoms with Crippen molar-refractivity contribution in [3.8, 4) is 18.2 Å². The van der Waals surface area contributed by atoms with Crippen LogP contribution in [0.1, 0.15) is 22.1 Å². The van der Waals surface area contributed by atoms with Crippen molar-refractivity contribution in [2.75, 3.05) is 0 Å². The lowest BCUT2D eigenvalue weighted by Gasteiger charge is -2.20. The Morgan fingerprint density at radius 2 is 1.96 bits per heavy atom. The third-order valence-electron chi connectivity index (χ3n) is 3.16. The van der Waals surface area contributed by atoms with Gasteiger partial charge in [-0.2, -0.15) is 15.8 Å². The number of rotatable bonds is 4. The van der Waals surface area contributed by atoms with Crippen LogP contribution in [0.15, 0.2) is 71.1 Å². The Hall–Kier alpha value is -3.29. The quantitative estimate of drug-likeness (QED) is 0.577. The summed E-state index contributed by atoms with van der Waals surface area (Å²) in [5.74, 6) is 0.0350. The van der Waals surface area contributed by atoms with Gasteiger partial charge in [0.1, 0.15) is 29.4 Å². The zero-order valence-corrected chi connectivity index (χ0v) is 13.3. The van der Waals surface area contributed by atoms with Gasteiger partial charge >= 0.3 is 0 Å². The molecule has 0 saturated carbocycles. The molecule has 0 unspecified atom stereocenters. The van der Waals surface area contributed by atoms with Crippen LogP contribution in [0.25, 0.3) is 0 Å². The van der Waals surface area contributed by atoms with Crippen LogP contribution in [0.3, 0.4) is 0 Å². The summed E-state index contributed by atoms with van der Waals surface area (Å²) in [4.78, 5) is 0. The number of nitriles is 3. The second-order valence-electron chi connectivity index (χ2n) is 5.26. The third kappa shape index (κ3) is 4.10. The second-order valence-corrected chi connectivity index (χ2v) is 5.26. The summed E-state index contributed by atoms with van der Waals surface area (Å²) in [5.41, 5.74) is 0.770. The minimum atomic E-state index is -0.803. The van der Waals surface area contributed by atoms with E-state index >= 15 is 0 Å². The van der Waals surface area contributed by atoms with Gasteiger partial charge in [-0.1, -0.05) is 48.6 Å². The smallest absolute Gasteiger partial charge is 0.172 e. The highest BCUT2D eigenvalue weighted by molar-refractivity contribution is 5.60. The highest BCUT2D eigenvalue weighted by Gasteiger charge is 2.38. The maximum atomic E-state index is 9.39. The van der Waals surface area contributed by atoms with Crippen LogP contribution < -0.4 is 0 Å². The Labute approximate surface area is 138 Å². The van der Waals surface area contributed by atoms with Crippen LogP contribution in [-0.4, -0.2) is 5.60 Å². The molecule has 0 amide bonds. The molecule has 0 spiro atoms. The summed E-state index contributed by atoms with van der Waals surface area (Å²) >= 11 is 0. The largest absolute Gasteiger partial charge is 0.480 e. The number of ether oxygens (including phenoxy) is 1. The van der Waals surface area contributed by atoms with Gasteiger partial charge < -0.3 is 4.74 Å². The molecule has 0 atom stereocenters. The van der Waals surface area contributed by atoms with E-state index in [1.807, 2.05) is 19.1 Å². The Balaban J connectivity index is 3.23. The monoisotopic (exact) mass is 304 g/mol. The fourth-order valence-corrected chi connectivity index (χ4v) is 2.05. The standard InChI is InChI=1S/C19H17N3O/c1-5-8-14(2)9-6-7-10-17-16(13-22)18(15(11-20)12-21)23-19(17,3)4/h5-10H,1H2,2-4H3/b9-6?,10-7+,14-8?/i1D/b5-1?,9-6?,10-7+,14-8?. The topological polar surface area (TPSA) is 80.6 Å². The Bertz CT molecular complexity index is 800. The Morgan fingerprint density at radius 1 is 1.26 bits per heavy atom. The molecule has 0 radical (unpaired) electrons. The van der Waals surface area contributed by atoms with Gasteiger partial charge in [0.05, 0.1) is 1.37 Å². The molecular weight excluding hydrogens is 286 g/mol. The highest BCUT2D eigenvalue weighted by Crippen LogP contribution is 2.39. The molecule has 0 bridgehead atoms. The molecule has 0 saturated heterocycles. The summed E-state index contributed by atoms with van der Waals surface area (Å²) in [5, 5.41) is 27.4. The SMILES string of the molecule is [2H]C=CC=C(C)C=C/C=C/C1=C(C#N)C(=C(C#N)C#N)OC1(C)C. The first-order valence-electron chi connectivity index (χ1n) is 7.44. The van der Waals surface area contributed by atoms with Crippen molar-refractivity contribution in [3.63, 3.8) is 0 Å². The lowest BCUT2D eigenvalue weighted by molar-refractivity contribution is 0.0954. The van der Waals surface area contributed by atoms with E-state index in [2.05, 4.69) is 0 Å². The van der Waals surface area contributed by atoms with Crippen molar-refractivity contribution in [1.29, 1.82) is 15.8 Å². The Kier molecular flexibility index (Phi) is 5.35. The van der Waals surface area contributed by atoms with Gasteiger partial charge in [-0.05, 0) is 20.8 Å². The zero-order valence-electron chi connectivity index (χ0n) is 14.3.